The molecule has 0 atom stereocenters. The zero-order valence-corrected chi connectivity index (χ0v) is 41.5. The topological polar surface area (TPSA) is 346 Å². The number of benzene rings is 2. The fourth-order valence-corrected chi connectivity index (χ4v) is 10.5. The first kappa shape index (κ1) is 52.7. The molecule has 2 aliphatic rings. The second-order valence-electron chi connectivity index (χ2n) is 17.1. The van der Waals surface area contributed by atoms with Gasteiger partial charge < -0.3 is 9.45 Å². The third kappa shape index (κ3) is 11.9. The summed E-state index contributed by atoms with van der Waals surface area (Å²) in [5, 5.41) is 5.14. The van der Waals surface area contributed by atoms with E-state index in [1.807, 2.05) is 0 Å². The molecule has 0 bridgehead atoms. The number of anilines is 2. The van der Waals surface area contributed by atoms with Crippen molar-refractivity contribution in [1.29, 1.82) is 0 Å². The molecule has 1 amide bonds. The van der Waals surface area contributed by atoms with Gasteiger partial charge in [0, 0.05) is 72.0 Å². The van der Waals surface area contributed by atoms with Crippen LogP contribution in [-0.4, -0.2) is 123 Å². The standard InChI is InChI=1S/C42H47N7O15S5/c1-41(2)32-22-29(68(59,60)61)11-14-35(32)48(18-6-20-65(51,52)53)37(41)16-9-27(34-13-8-28(24-44-34)39(50)47(5)40-45-25-31(26-46-40)67(43,57)58)10-17-38-42(3,4)33-23-30(69(62,63)64)12-15-36(33)49(38)19-7-21-66(54,55)56/h8-17,22-26H,6-7,18-21H2,1-5H3,(H5-,43,51,52,53,54,55,56,57,58,59,60,61,62,63,64). The van der Waals surface area contributed by atoms with Crippen LogP contribution in [0.1, 0.15) is 67.7 Å². The van der Waals surface area contributed by atoms with Gasteiger partial charge in [0.15, 0.2) is 5.71 Å². The number of aromatic nitrogens is 3. The lowest BCUT2D eigenvalue weighted by Gasteiger charge is -2.27. The molecule has 22 nitrogen and oxygen atoms in total. The Hall–Kier alpha value is -5.62. The number of sulfonamides is 1. The van der Waals surface area contributed by atoms with Crippen LogP contribution in [0, 0.1) is 0 Å². The van der Waals surface area contributed by atoms with Gasteiger partial charge in [-0.3, -0.25) is 28.3 Å². The van der Waals surface area contributed by atoms with Crippen molar-refractivity contribution >= 4 is 85.0 Å². The first-order chi connectivity index (χ1) is 31.7. The van der Waals surface area contributed by atoms with E-state index < -0.39 is 83.6 Å². The maximum atomic E-state index is 13.6. The predicted octanol–water partition coefficient (Wildman–Crippen LogP) is 3.20. The van der Waals surface area contributed by atoms with Gasteiger partial charge in [-0.15, -0.1) is 0 Å². The molecule has 0 fully saturated rings. The normalized spacial score (nSPS) is 16.9. The number of hydrogen-bond acceptors (Lipinski definition) is 16. The Balaban J connectivity index is 1.51. The zero-order chi connectivity index (χ0) is 51.3. The summed E-state index contributed by atoms with van der Waals surface area (Å²) in [5.41, 5.74) is 1.44. The molecule has 4 aromatic rings. The number of pyridine rings is 1. The zero-order valence-electron chi connectivity index (χ0n) is 37.4. The van der Waals surface area contributed by atoms with Crippen molar-refractivity contribution in [3.63, 3.8) is 0 Å². The van der Waals surface area contributed by atoms with Crippen LogP contribution < -0.4 is 14.9 Å². The molecular weight excluding hydrogens is 1000 g/mol. The molecule has 0 saturated carbocycles. The number of allylic oxidation sites excluding steroid dienone is 6. The number of primary sulfonamides is 1. The van der Waals surface area contributed by atoms with Crippen LogP contribution in [0.3, 0.4) is 0 Å². The van der Waals surface area contributed by atoms with Crippen LogP contribution in [-0.2, 0) is 61.3 Å². The predicted molar refractivity (Wildman–Crippen MR) is 251 cm³/mol. The minimum Gasteiger partial charge on any atom is -0.748 e. The molecule has 0 aliphatic carbocycles. The molecule has 69 heavy (non-hydrogen) atoms. The number of carbonyl (C=O) groups is 1. The molecule has 0 spiro atoms. The lowest BCUT2D eigenvalue weighted by atomic mass is 9.81. The smallest absolute Gasteiger partial charge is 0.294 e. The van der Waals surface area contributed by atoms with E-state index in [4.69, 9.17) is 5.14 Å². The van der Waals surface area contributed by atoms with E-state index in [1.54, 1.807) is 61.5 Å². The summed E-state index contributed by atoms with van der Waals surface area (Å²) in [5.74, 6) is -2.11. The Kier molecular flexibility index (Phi) is 14.5. The van der Waals surface area contributed by atoms with E-state index in [2.05, 4.69) is 15.0 Å². The minimum absolute atomic E-state index is 0.0144. The van der Waals surface area contributed by atoms with Crippen LogP contribution in [0.15, 0.2) is 112 Å². The molecule has 0 radical (unpaired) electrons. The average Bonchev–Trinajstić information content (AvgIpc) is 3.58. The second-order valence-corrected chi connectivity index (χ2v) is 24.6. The van der Waals surface area contributed by atoms with Gasteiger partial charge in [0.25, 0.3) is 36.3 Å². The van der Waals surface area contributed by atoms with Crippen molar-refractivity contribution in [3.8, 4) is 0 Å². The van der Waals surface area contributed by atoms with Crippen molar-refractivity contribution in [2.24, 2.45) is 5.14 Å². The highest BCUT2D eigenvalue weighted by Gasteiger charge is 2.45. The van der Waals surface area contributed by atoms with Crippen LogP contribution in [0.5, 0.6) is 0 Å². The summed E-state index contributed by atoms with van der Waals surface area (Å²) in [4.78, 5) is 27.7. The number of nitrogens with zero attached hydrogens (tertiary/aromatic N) is 6. The summed E-state index contributed by atoms with van der Waals surface area (Å²) in [6, 6.07) is 10.8. The fourth-order valence-electron chi connectivity index (χ4n) is 8.09. The summed E-state index contributed by atoms with van der Waals surface area (Å²) in [7, 11) is -21.1. The van der Waals surface area contributed by atoms with Gasteiger partial charge in [-0.25, -0.2) is 31.9 Å². The first-order valence-electron chi connectivity index (χ1n) is 20.5. The molecule has 0 saturated heterocycles. The molecule has 2 aromatic carbocycles. The molecule has 2 aliphatic heterocycles. The van der Waals surface area contributed by atoms with Gasteiger partial charge in [-0.2, -0.15) is 29.8 Å². The third-order valence-electron chi connectivity index (χ3n) is 11.6. The Bertz CT molecular complexity index is 3450. The van der Waals surface area contributed by atoms with Gasteiger partial charge in [0.05, 0.1) is 54.7 Å². The highest BCUT2D eigenvalue weighted by molar-refractivity contribution is 7.89. The van der Waals surface area contributed by atoms with Crippen LogP contribution in [0.4, 0.5) is 17.3 Å². The Labute approximate surface area is 399 Å². The number of amides is 1. The quantitative estimate of drug-likeness (QED) is 0.0670. The van der Waals surface area contributed by atoms with E-state index in [0.717, 1.165) is 17.3 Å². The molecular formula is C42H47N7O15S5. The van der Waals surface area contributed by atoms with Crippen molar-refractivity contribution in [2.45, 2.75) is 66.1 Å². The van der Waals surface area contributed by atoms with Gasteiger partial charge >= 0.3 is 0 Å². The van der Waals surface area contributed by atoms with E-state index in [-0.39, 0.29) is 52.9 Å². The monoisotopic (exact) mass is 1050 g/mol. The largest absolute Gasteiger partial charge is 0.748 e. The third-order valence-corrected chi connectivity index (χ3v) is 15.7. The van der Waals surface area contributed by atoms with E-state index >= 15 is 0 Å². The summed E-state index contributed by atoms with van der Waals surface area (Å²) < 4.78 is 162. The number of fused-ring (bicyclic) bond motifs is 2. The van der Waals surface area contributed by atoms with E-state index in [1.165, 1.54) is 61.8 Å². The molecule has 370 valence electrons. The van der Waals surface area contributed by atoms with Crippen LogP contribution in [0.2, 0.25) is 0 Å². The summed E-state index contributed by atoms with van der Waals surface area (Å²) in [6.07, 6.45) is 9.55. The Morgan fingerprint density at radius 3 is 1.94 bits per heavy atom. The maximum Gasteiger partial charge on any atom is 0.294 e. The summed E-state index contributed by atoms with van der Waals surface area (Å²) in [6.45, 7) is 7.08. The maximum absolute atomic E-state index is 13.6. The molecule has 6 rings (SSSR count). The highest BCUT2D eigenvalue weighted by Crippen LogP contribution is 2.49. The van der Waals surface area contributed by atoms with Gasteiger partial charge in [0.2, 0.25) is 21.7 Å². The van der Waals surface area contributed by atoms with Crippen molar-refractivity contribution in [1.82, 2.24) is 15.0 Å². The molecule has 2 aromatic heterocycles. The Morgan fingerprint density at radius 1 is 0.783 bits per heavy atom. The minimum atomic E-state index is -4.66. The second kappa shape index (κ2) is 18.9. The lowest BCUT2D eigenvalue weighted by Crippen LogP contribution is -2.28. The number of nitrogens with two attached hydrogens (primary N) is 1. The molecule has 27 heteroatoms. The SMILES string of the molecule is CN(C(=O)c1ccc(C(=C\C=C2\N(CCCS(=O)(=O)O)c3ccc(S(=O)(=O)O)cc3C2(C)C)/C=C/C2=[N+](CCCS(=O)(=O)[O-])c3ccc(S(=O)(=O)O)cc3C2(C)C)nc1)c1ncc(S(N)(=O)=O)cn1. The van der Waals surface area contributed by atoms with Gasteiger partial charge in [-0.05, 0) is 80.4 Å². The van der Waals surface area contributed by atoms with E-state index in [9.17, 15) is 65.1 Å². The number of rotatable bonds is 17. The van der Waals surface area contributed by atoms with Crippen molar-refractivity contribution < 1.29 is 69.7 Å². The van der Waals surface area contributed by atoms with E-state index in [0.29, 0.717) is 39.5 Å². The molecule has 0 unspecified atom stereocenters. The van der Waals surface area contributed by atoms with Crippen LogP contribution >= 0.6 is 0 Å². The number of hydrogen-bond donors (Lipinski definition) is 4. The van der Waals surface area contributed by atoms with Crippen molar-refractivity contribution in [3.05, 3.63) is 120 Å². The van der Waals surface area contributed by atoms with Crippen LogP contribution in [0.25, 0.3) is 5.57 Å². The molecule has 4 heterocycles. The van der Waals surface area contributed by atoms with Crippen molar-refractivity contribution in [2.75, 3.05) is 41.4 Å². The van der Waals surface area contributed by atoms with Gasteiger partial charge in [-0.1, -0.05) is 19.9 Å². The highest BCUT2D eigenvalue weighted by atomic mass is 32.2. The lowest BCUT2D eigenvalue weighted by molar-refractivity contribution is -0.437. The number of carbonyl (C=O) groups excluding carboxylic acids is 1. The first-order valence-corrected chi connectivity index (χ1v) is 28.1. The summed E-state index contributed by atoms with van der Waals surface area (Å²) >= 11 is 0. The average molecular weight is 1050 g/mol. The van der Waals surface area contributed by atoms with Gasteiger partial charge in [0.1, 0.15) is 11.4 Å². The Morgan fingerprint density at radius 2 is 1.39 bits per heavy atom. The fraction of sp³-hybridized carbons (Fsp3) is 0.310. The molecule has 5 N–H and O–H groups in total.